The number of nitrogen functional groups attached to an aromatic ring is 1. The number of ether oxygens (including phenoxy) is 1. The largest absolute Gasteiger partial charge is 0.480 e. The lowest BCUT2D eigenvalue weighted by Gasteiger charge is -2.16. The minimum Gasteiger partial charge on any atom is -0.480 e. The molecule has 110 valence electrons. The molecule has 1 amide bonds. The molecule has 0 heterocycles. The molecule has 1 unspecified atom stereocenters. The second-order valence-corrected chi connectivity index (χ2v) is 5.27. The van der Waals surface area contributed by atoms with E-state index in [1.54, 1.807) is 13.0 Å². The Morgan fingerprint density at radius 3 is 2.71 bits per heavy atom. The lowest BCUT2D eigenvalue weighted by molar-refractivity contribution is -0.122. The number of carbonyl (C=O) groups is 1. The van der Waals surface area contributed by atoms with E-state index in [1.165, 1.54) is 12.1 Å². The summed E-state index contributed by atoms with van der Waals surface area (Å²) in [5.74, 6) is -0.265. The molecule has 0 bridgehead atoms. The number of para-hydroxylation sites is 1. The first-order valence-electron chi connectivity index (χ1n) is 6.24. The van der Waals surface area contributed by atoms with E-state index in [0.717, 1.165) is 10.5 Å². The van der Waals surface area contributed by atoms with Gasteiger partial charge in [0.2, 0.25) is 0 Å². The van der Waals surface area contributed by atoms with E-state index >= 15 is 0 Å². The normalized spacial score (nSPS) is 11.8. The lowest BCUT2D eigenvalue weighted by Crippen LogP contribution is -2.30. The molecule has 1 atom stereocenters. The number of amides is 1. The van der Waals surface area contributed by atoms with Gasteiger partial charge in [0.25, 0.3) is 5.91 Å². The molecule has 4 nitrogen and oxygen atoms in total. The maximum Gasteiger partial charge on any atom is 0.265 e. The van der Waals surface area contributed by atoms with Crippen LogP contribution in [-0.2, 0) is 4.79 Å². The summed E-state index contributed by atoms with van der Waals surface area (Å²) in [5.41, 5.74) is 6.16. The Kier molecular flexibility index (Phi) is 4.80. The molecular formula is C15H14BrFN2O2. The number of nitrogens with two attached hydrogens (primary N) is 1. The van der Waals surface area contributed by atoms with Crippen molar-refractivity contribution in [3.8, 4) is 5.75 Å². The maximum absolute atomic E-state index is 13.0. The zero-order chi connectivity index (χ0) is 15.4. The maximum atomic E-state index is 13.0. The molecule has 0 aliphatic heterocycles. The summed E-state index contributed by atoms with van der Waals surface area (Å²) in [7, 11) is 0. The Morgan fingerprint density at radius 1 is 1.33 bits per heavy atom. The second kappa shape index (κ2) is 6.58. The number of hydrogen-bond acceptors (Lipinski definition) is 3. The minimum absolute atomic E-state index is 0.163. The van der Waals surface area contributed by atoms with Gasteiger partial charge < -0.3 is 15.8 Å². The number of nitrogens with one attached hydrogen (secondary N) is 1. The fourth-order valence-corrected chi connectivity index (χ4v) is 2.04. The van der Waals surface area contributed by atoms with E-state index in [-0.39, 0.29) is 11.6 Å². The topological polar surface area (TPSA) is 64.3 Å². The van der Waals surface area contributed by atoms with Crippen LogP contribution in [0.4, 0.5) is 15.8 Å². The van der Waals surface area contributed by atoms with Crippen LogP contribution in [0.5, 0.6) is 5.75 Å². The zero-order valence-electron chi connectivity index (χ0n) is 11.3. The summed E-state index contributed by atoms with van der Waals surface area (Å²) in [6.45, 7) is 1.62. The molecule has 21 heavy (non-hydrogen) atoms. The molecule has 2 aromatic carbocycles. The van der Waals surface area contributed by atoms with Crippen LogP contribution in [0.1, 0.15) is 6.92 Å². The highest BCUT2D eigenvalue weighted by molar-refractivity contribution is 9.10. The molecule has 3 N–H and O–H groups in total. The van der Waals surface area contributed by atoms with Crippen LogP contribution >= 0.6 is 15.9 Å². The Balaban J connectivity index is 2.04. The molecule has 0 saturated carbocycles. The van der Waals surface area contributed by atoms with Gasteiger partial charge in [0, 0.05) is 0 Å². The zero-order valence-corrected chi connectivity index (χ0v) is 12.9. The molecule has 2 rings (SSSR count). The highest BCUT2D eigenvalue weighted by Gasteiger charge is 2.17. The van der Waals surface area contributed by atoms with Crippen LogP contribution in [0.2, 0.25) is 0 Å². The van der Waals surface area contributed by atoms with Crippen molar-refractivity contribution in [1.82, 2.24) is 0 Å². The number of rotatable bonds is 4. The van der Waals surface area contributed by atoms with Gasteiger partial charge in [-0.25, -0.2) is 4.39 Å². The van der Waals surface area contributed by atoms with Gasteiger partial charge in [-0.1, -0.05) is 12.1 Å². The van der Waals surface area contributed by atoms with E-state index in [0.29, 0.717) is 11.4 Å². The van der Waals surface area contributed by atoms with Crippen molar-refractivity contribution < 1.29 is 13.9 Å². The molecule has 0 radical (unpaired) electrons. The average molecular weight is 353 g/mol. The van der Waals surface area contributed by atoms with Crippen molar-refractivity contribution in [1.29, 1.82) is 0 Å². The van der Waals surface area contributed by atoms with Gasteiger partial charge in [-0.15, -0.1) is 0 Å². The van der Waals surface area contributed by atoms with Crippen LogP contribution < -0.4 is 15.8 Å². The number of hydrogen-bond donors (Lipinski definition) is 2. The first-order valence-corrected chi connectivity index (χ1v) is 7.03. The highest BCUT2D eigenvalue weighted by Crippen LogP contribution is 2.25. The van der Waals surface area contributed by atoms with E-state index in [9.17, 15) is 9.18 Å². The summed E-state index contributed by atoms with van der Waals surface area (Å²) in [5, 5.41) is 2.61. The van der Waals surface area contributed by atoms with Crippen LogP contribution in [0.25, 0.3) is 0 Å². The number of benzene rings is 2. The van der Waals surface area contributed by atoms with Gasteiger partial charge in [-0.2, -0.15) is 0 Å². The number of halogens is 2. The second-order valence-electron chi connectivity index (χ2n) is 4.41. The van der Waals surface area contributed by atoms with E-state index in [1.807, 2.05) is 18.2 Å². The quantitative estimate of drug-likeness (QED) is 0.826. The first-order chi connectivity index (χ1) is 9.97. The van der Waals surface area contributed by atoms with Gasteiger partial charge in [0.15, 0.2) is 6.10 Å². The molecule has 2 aromatic rings. The Hall–Kier alpha value is -2.08. The van der Waals surface area contributed by atoms with Gasteiger partial charge in [0.05, 0.1) is 15.8 Å². The predicted octanol–water partition coefficient (Wildman–Crippen LogP) is 3.58. The van der Waals surface area contributed by atoms with Crippen LogP contribution in [0, 0.1) is 5.82 Å². The van der Waals surface area contributed by atoms with Crippen molar-refractivity contribution in [2.24, 2.45) is 0 Å². The van der Waals surface area contributed by atoms with Crippen molar-refractivity contribution in [3.05, 3.63) is 52.8 Å². The summed E-state index contributed by atoms with van der Waals surface area (Å²) < 4.78 is 19.3. The Bertz CT molecular complexity index is 664. The Labute approximate surface area is 130 Å². The monoisotopic (exact) mass is 352 g/mol. The lowest BCUT2D eigenvalue weighted by atomic mass is 10.2. The van der Waals surface area contributed by atoms with E-state index in [2.05, 4.69) is 21.2 Å². The van der Waals surface area contributed by atoms with Gasteiger partial charge >= 0.3 is 0 Å². The van der Waals surface area contributed by atoms with Crippen LogP contribution in [0.3, 0.4) is 0 Å². The highest BCUT2D eigenvalue weighted by atomic mass is 79.9. The van der Waals surface area contributed by atoms with Gasteiger partial charge in [-0.05, 0) is 53.2 Å². The van der Waals surface area contributed by atoms with Crippen molar-refractivity contribution in [2.75, 3.05) is 11.1 Å². The fraction of sp³-hybridized carbons (Fsp3) is 0.133. The molecule has 0 aliphatic rings. The predicted molar refractivity (Wildman–Crippen MR) is 83.7 cm³/mol. The summed E-state index contributed by atoms with van der Waals surface area (Å²) in [6, 6.07) is 11.0. The van der Waals surface area contributed by atoms with E-state index in [4.69, 9.17) is 10.5 Å². The molecule has 0 aromatic heterocycles. The minimum atomic E-state index is -0.729. The average Bonchev–Trinajstić information content (AvgIpc) is 2.44. The summed E-state index contributed by atoms with van der Waals surface area (Å²) in [4.78, 5) is 12.1. The Morgan fingerprint density at radius 2 is 2.05 bits per heavy atom. The molecule has 6 heteroatoms. The first kappa shape index (κ1) is 15.3. The van der Waals surface area contributed by atoms with Gasteiger partial charge in [-0.3, -0.25) is 4.79 Å². The SMILES string of the molecule is CC(Oc1ccccc1Br)C(=O)Nc1ccc(F)cc1N. The fourth-order valence-electron chi connectivity index (χ4n) is 1.67. The smallest absolute Gasteiger partial charge is 0.265 e. The summed E-state index contributed by atoms with van der Waals surface area (Å²) >= 11 is 3.34. The third-order valence-corrected chi connectivity index (χ3v) is 3.44. The molecule has 0 fully saturated rings. The van der Waals surface area contributed by atoms with Crippen molar-refractivity contribution in [3.63, 3.8) is 0 Å². The van der Waals surface area contributed by atoms with E-state index < -0.39 is 11.9 Å². The van der Waals surface area contributed by atoms with Crippen molar-refractivity contribution >= 4 is 33.2 Å². The molecule has 0 aliphatic carbocycles. The van der Waals surface area contributed by atoms with Crippen LogP contribution in [0.15, 0.2) is 46.9 Å². The summed E-state index contributed by atoms with van der Waals surface area (Å²) in [6.07, 6.45) is -0.729. The number of carbonyl (C=O) groups excluding carboxylic acids is 1. The number of anilines is 2. The third-order valence-electron chi connectivity index (χ3n) is 2.78. The standard InChI is InChI=1S/C15H14BrFN2O2/c1-9(21-14-5-3-2-4-11(14)16)15(20)19-13-7-6-10(17)8-12(13)18/h2-9H,18H2,1H3,(H,19,20). The molecule has 0 spiro atoms. The van der Waals surface area contributed by atoms with Gasteiger partial charge in [0.1, 0.15) is 11.6 Å². The third kappa shape index (κ3) is 3.95. The molecule has 0 saturated heterocycles. The van der Waals surface area contributed by atoms with Crippen LogP contribution in [-0.4, -0.2) is 12.0 Å². The molecular weight excluding hydrogens is 339 g/mol. The van der Waals surface area contributed by atoms with Crippen molar-refractivity contribution in [2.45, 2.75) is 13.0 Å².